The number of carbonyl (C=O) groups is 2. The molecule has 0 aliphatic heterocycles. The molecule has 2 N–H and O–H groups in total. The number of benzene rings is 2. The summed E-state index contributed by atoms with van der Waals surface area (Å²) in [7, 11) is 1.33. The van der Waals surface area contributed by atoms with Gasteiger partial charge in [-0.2, -0.15) is 5.10 Å². The van der Waals surface area contributed by atoms with Gasteiger partial charge in [0.15, 0.2) is 5.75 Å². The molecule has 0 aliphatic carbocycles. The molecule has 1 atom stereocenters. The number of nitrogens with zero attached hydrogens (tertiary/aromatic N) is 2. The van der Waals surface area contributed by atoms with Gasteiger partial charge in [0.05, 0.1) is 24.9 Å². The molecule has 0 fully saturated rings. The average molecular weight is 414 g/mol. The second-order valence-corrected chi connectivity index (χ2v) is 6.03. The number of nitro benzene ring substituents is 1. The first kappa shape index (κ1) is 22.3. The summed E-state index contributed by atoms with van der Waals surface area (Å²) in [5, 5.41) is 17.4. The lowest BCUT2D eigenvalue weighted by Crippen LogP contribution is -2.47. The first-order chi connectivity index (χ1) is 14.4. The molecule has 10 nitrogen and oxygen atoms in total. The maximum absolute atomic E-state index is 12.5. The molecule has 0 unspecified atom stereocenters. The van der Waals surface area contributed by atoms with Crippen molar-refractivity contribution < 1.29 is 24.0 Å². The van der Waals surface area contributed by atoms with Gasteiger partial charge in [-0.15, -0.1) is 0 Å². The standard InChI is InChI=1S/C20H22N4O6/c1-3-30-20(26)22-16(11-14-7-5-4-6-8-14)19(25)23-21-13-15-9-10-18(29-2)17(12-15)24(27)28/h4-10,12-13,16H,3,11H2,1-2H3,(H,22,26)(H,23,25)/b21-13-/t16-/m1/s1. The number of hydrogen-bond acceptors (Lipinski definition) is 7. The molecule has 0 spiro atoms. The number of hydrazone groups is 1. The Bertz CT molecular complexity index is 917. The normalized spacial score (nSPS) is 11.5. The van der Waals surface area contributed by atoms with Crippen molar-refractivity contribution in [2.24, 2.45) is 5.10 Å². The second kappa shape index (κ2) is 11.1. The lowest BCUT2D eigenvalue weighted by molar-refractivity contribution is -0.385. The van der Waals surface area contributed by atoms with E-state index in [1.807, 2.05) is 30.3 Å². The van der Waals surface area contributed by atoms with Crippen LogP contribution in [0.1, 0.15) is 18.1 Å². The van der Waals surface area contributed by atoms with Gasteiger partial charge < -0.3 is 14.8 Å². The molecule has 2 amide bonds. The van der Waals surface area contributed by atoms with E-state index < -0.39 is 23.0 Å². The fourth-order valence-electron chi connectivity index (χ4n) is 2.55. The van der Waals surface area contributed by atoms with Gasteiger partial charge in [-0.1, -0.05) is 30.3 Å². The fraction of sp³-hybridized carbons (Fsp3) is 0.250. The number of nitrogens with one attached hydrogen (secondary N) is 2. The lowest BCUT2D eigenvalue weighted by atomic mass is 10.1. The van der Waals surface area contributed by atoms with Crippen LogP contribution in [0.2, 0.25) is 0 Å². The van der Waals surface area contributed by atoms with Gasteiger partial charge in [0.25, 0.3) is 5.91 Å². The minimum atomic E-state index is -0.922. The van der Waals surface area contributed by atoms with Gasteiger partial charge in [-0.05, 0) is 24.6 Å². The van der Waals surface area contributed by atoms with Crippen molar-refractivity contribution in [2.75, 3.05) is 13.7 Å². The van der Waals surface area contributed by atoms with Gasteiger partial charge in [-0.3, -0.25) is 14.9 Å². The van der Waals surface area contributed by atoms with Gasteiger partial charge in [0.1, 0.15) is 6.04 Å². The SMILES string of the molecule is CCOC(=O)N[C@H](Cc1ccccc1)C(=O)N/N=C\c1ccc(OC)c([N+](=O)[O-])c1. The highest BCUT2D eigenvalue weighted by Crippen LogP contribution is 2.26. The summed E-state index contributed by atoms with van der Waals surface area (Å²) in [6.07, 6.45) is 0.770. The summed E-state index contributed by atoms with van der Waals surface area (Å²) in [5.41, 5.74) is 3.34. The number of ether oxygens (including phenoxy) is 2. The second-order valence-electron chi connectivity index (χ2n) is 6.03. The molecular formula is C20H22N4O6. The van der Waals surface area contributed by atoms with Gasteiger partial charge in [0, 0.05) is 18.1 Å². The first-order valence-electron chi connectivity index (χ1n) is 9.07. The maximum atomic E-state index is 12.5. The highest BCUT2D eigenvalue weighted by Gasteiger charge is 2.21. The van der Waals surface area contributed by atoms with Crippen LogP contribution in [0.3, 0.4) is 0 Å². The molecule has 0 radical (unpaired) electrons. The molecule has 2 aromatic rings. The Morgan fingerprint density at radius 3 is 2.60 bits per heavy atom. The van der Waals surface area contributed by atoms with Crippen molar-refractivity contribution in [3.63, 3.8) is 0 Å². The third-order valence-corrected chi connectivity index (χ3v) is 3.95. The summed E-state index contributed by atoms with van der Waals surface area (Å²) < 4.78 is 9.79. The van der Waals surface area contributed by atoms with E-state index in [0.29, 0.717) is 5.56 Å². The number of hydrogen-bond donors (Lipinski definition) is 2. The Labute approximate surface area is 173 Å². The summed E-state index contributed by atoms with van der Waals surface area (Å²) in [6.45, 7) is 1.82. The first-order valence-corrected chi connectivity index (χ1v) is 9.07. The molecule has 2 aromatic carbocycles. The summed E-state index contributed by atoms with van der Waals surface area (Å²) in [4.78, 5) is 34.8. The molecule has 0 aromatic heterocycles. The zero-order valence-electron chi connectivity index (χ0n) is 16.5. The largest absolute Gasteiger partial charge is 0.490 e. The average Bonchev–Trinajstić information content (AvgIpc) is 2.74. The highest BCUT2D eigenvalue weighted by molar-refractivity contribution is 5.88. The quantitative estimate of drug-likeness (QED) is 0.368. The zero-order valence-corrected chi connectivity index (χ0v) is 16.5. The van der Waals surface area contributed by atoms with Crippen molar-refractivity contribution in [2.45, 2.75) is 19.4 Å². The van der Waals surface area contributed by atoms with Crippen LogP contribution < -0.4 is 15.5 Å². The van der Waals surface area contributed by atoms with Crippen LogP contribution in [0.5, 0.6) is 5.75 Å². The summed E-state index contributed by atoms with van der Waals surface area (Å²) in [5.74, 6) is -0.450. The van der Waals surface area contributed by atoms with Crippen LogP contribution in [0.15, 0.2) is 53.6 Å². The van der Waals surface area contributed by atoms with E-state index in [4.69, 9.17) is 9.47 Å². The van der Waals surface area contributed by atoms with E-state index in [1.165, 1.54) is 25.5 Å². The zero-order chi connectivity index (χ0) is 21.9. The summed E-state index contributed by atoms with van der Waals surface area (Å²) >= 11 is 0. The van der Waals surface area contributed by atoms with Crippen LogP contribution in [-0.4, -0.2) is 42.9 Å². The van der Waals surface area contributed by atoms with E-state index in [9.17, 15) is 19.7 Å². The molecule has 0 saturated heterocycles. The number of amides is 2. The van der Waals surface area contributed by atoms with Crippen molar-refractivity contribution in [3.8, 4) is 5.75 Å². The molecule has 0 aliphatic rings. The molecular weight excluding hydrogens is 392 g/mol. The molecule has 10 heteroatoms. The van der Waals surface area contributed by atoms with Gasteiger partial charge in [-0.25, -0.2) is 10.2 Å². The van der Waals surface area contributed by atoms with E-state index in [1.54, 1.807) is 13.0 Å². The minimum Gasteiger partial charge on any atom is -0.490 e. The van der Waals surface area contributed by atoms with Crippen LogP contribution in [-0.2, 0) is 16.0 Å². The van der Waals surface area contributed by atoms with Crippen molar-refractivity contribution in [3.05, 3.63) is 69.8 Å². The number of methoxy groups -OCH3 is 1. The molecule has 0 heterocycles. The Balaban J connectivity index is 2.09. The maximum Gasteiger partial charge on any atom is 0.407 e. The van der Waals surface area contributed by atoms with Crippen molar-refractivity contribution in [1.82, 2.24) is 10.7 Å². The predicted molar refractivity (Wildman–Crippen MR) is 109 cm³/mol. The number of carbonyl (C=O) groups excluding carboxylic acids is 2. The van der Waals surface area contributed by atoms with E-state index in [-0.39, 0.29) is 24.5 Å². The molecule has 2 rings (SSSR count). The summed E-state index contributed by atoms with van der Waals surface area (Å²) in [6, 6.07) is 12.5. The van der Waals surface area contributed by atoms with E-state index in [0.717, 1.165) is 5.56 Å². The van der Waals surface area contributed by atoms with Crippen molar-refractivity contribution in [1.29, 1.82) is 0 Å². The Morgan fingerprint density at radius 1 is 1.23 bits per heavy atom. The molecule has 0 saturated carbocycles. The van der Waals surface area contributed by atoms with Gasteiger partial charge >= 0.3 is 11.8 Å². The third-order valence-electron chi connectivity index (χ3n) is 3.95. The van der Waals surface area contributed by atoms with Crippen molar-refractivity contribution >= 4 is 23.9 Å². The lowest BCUT2D eigenvalue weighted by Gasteiger charge is -2.16. The molecule has 30 heavy (non-hydrogen) atoms. The Morgan fingerprint density at radius 2 is 1.97 bits per heavy atom. The Kier molecular flexibility index (Phi) is 8.30. The predicted octanol–water partition coefficient (Wildman–Crippen LogP) is 2.41. The van der Waals surface area contributed by atoms with Crippen LogP contribution in [0.4, 0.5) is 10.5 Å². The molecule has 0 bridgehead atoms. The smallest absolute Gasteiger partial charge is 0.407 e. The number of rotatable bonds is 9. The highest BCUT2D eigenvalue weighted by atomic mass is 16.6. The number of nitro groups is 1. The minimum absolute atomic E-state index is 0.114. The fourth-order valence-corrected chi connectivity index (χ4v) is 2.55. The van der Waals surface area contributed by atoms with Crippen LogP contribution >= 0.6 is 0 Å². The number of alkyl carbamates (subject to hydrolysis) is 1. The Hall–Kier alpha value is -3.95. The van der Waals surface area contributed by atoms with E-state index >= 15 is 0 Å². The topological polar surface area (TPSA) is 132 Å². The monoisotopic (exact) mass is 414 g/mol. The van der Waals surface area contributed by atoms with Crippen LogP contribution in [0.25, 0.3) is 0 Å². The third kappa shape index (κ3) is 6.59. The van der Waals surface area contributed by atoms with Gasteiger partial charge in [0.2, 0.25) is 0 Å². The van der Waals surface area contributed by atoms with E-state index in [2.05, 4.69) is 15.8 Å². The van der Waals surface area contributed by atoms with Crippen LogP contribution in [0, 0.1) is 10.1 Å². The molecule has 158 valence electrons.